The maximum absolute atomic E-state index is 6.02. The molecule has 1 aliphatic rings. The van der Waals surface area contributed by atoms with Crippen molar-refractivity contribution in [2.45, 2.75) is 38.1 Å². The lowest BCUT2D eigenvalue weighted by molar-refractivity contribution is 0.548. The molecule has 0 spiro atoms. The number of benzene rings is 1. The second-order valence-corrected chi connectivity index (χ2v) is 4.33. The Morgan fingerprint density at radius 3 is 2.67 bits per heavy atom. The highest BCUT2D eigenvalue weighted by Gasteiger charge is 2.08. The van der Waals surface area contributed by atoms with Crippen molar-refractivity contribution in [1.29, 1.82) is 0 Å². The number of hydrogen-bond donors (Lipinski definition) is 1. The molecule has 0 aliphatic heterocycles. The van der Waals surface area contributed by atoms with Crippen molar-refractivity contribution in [1.82, 2.24) is 0 Å². The summed E-state index contributed by atoms with van der Waals surface area (Å²) in [5.74, 6) is 0. The van der Waals surface area contributed by atoms with Gasteiger partial charge in [0.05, 0.1) is 0 Å². The third-order valence-corrected chi connectivity index (χ3v) is 3.10. The zero-order chi connectivity index (χ0) is 10.5. The lowest BCUT2D eigenvalue weighted by Crippen LogP contribution is -2.20. The second-order valence-electron chi connectivity index (χ2n) is 4.33. The summed E-state index contributed by atoms with van der Waals surface area (Å²) >= 11 is 0. The number of allylic oxidation sites excluding steroid dienone is 2. The molecular weight excluding hydrogens is 182 g/mol. The number of nitrogens with two attached hydrogens (primary N) is 1. The molecule has 1 aliphatic carbocycles. The van der Waals surface area contributed by atoms with Crippen molar-refractivity contribution < 1.29 is 0 Å². The van der Waals surface area contributed by atoms with Crippen LogP contribution < -0.4 is 5.73 Å². The lowest BCUT2D eigenvalue weighted by atomic mass is 9.93. The van der Waals surface area contributed by atoms with E-state index in [0.717, 1.165) is 12.8 Å². The van der Waals surface area contributed by atoms with E-state index in [2.05, 4.69) is 36.4 Å². The van der Waals surface area contributed by atoms with Crippen LogP contribution in [0.15, 0.2) is 36.4 Å². The first-order valence-electron chi connectivity index (χ1n) is 5.86. The molecule has 0 saturated heterocycles. The highest BCUT2D eigenvalue weighted by atomic mass is 14.6. The van der Waals surface area contributed by atoms with E-state index in [-0.39, 0.29) is 0 Å². The van der Waals surface area contributed by atoms with Gasteiger partial charge in [-0.25, -0.2) is 0 Å². The van der Waals surface area contributed by atoms with Crippen LogP contribution in [0.5, 0.6) is 0 Å². The maximum atomic E-state index is 6.02. The summed E-state index contributed by atoms with van der Waals surface area (Å²) in [4.78, 5) is 0. The molecule has 0 saturated carbocycles. The van der Waals surface area contributed by atoms with Crippen LogP contribution in [0.1, 0.15) is 37.7 Å². The minimum Gasteiger partial charge on any atom is -0.328 e. The zero-order valence-corrected chi connectivity index (χ0v) is 9.15. The van der Waals surface area contributed by atoms with Crippen LogP contribution in [0.3, 0.4) is 0 Å². The smallest absolute Gasteiger partial charge is 0.00421 e. The topological polar surface area (TPSA) is 26.0 Å². The van der Waals surface area contributed by atoms with Crippen molar-refractivity contribution >= 4 is 5.57 Å². The van der Waals surface area contributed by atoms with Gasteiger partial charge in [-0.3, -0.25) is 0 Å². The summed E-state index contributed by atoms with van der Waals surface area (Å²) in [7, 11) is 0. The maximum Gasteiger partial charge on any atom is 0.00421 e. The molecule has 0 fully saturated rings. The molecule has 15 heavy (non-hydrogen) atoms. The fraction of sp³-hybridized carbons (Fsp3) is 0.429. The highest BCUT2D eigenvalue weighted by molar-refractivity contribution is 5.65. The molecular formula is C14H19N. The lowest BCUT2D eigenvalue weighted by Gasteiger charge is -2.16. The van der Waals surface area contributed by atoms with E-state index < -0.39 is 0 Å². The fourth-order valence-corrected chi connectivity index (χ4v) is 2.16. The van der Waals surface area contributed by atoms with Crippen molar-refractivity contribution in [3.63, 3.8) is 0 Å². The van der Waals surface area contributed by atoms with Crippen molar-refractivity contribution in [3.05, 3.63) is 42.0 Å². The normalized spacial score (nSPS) is 26.2. The molecule has 1 heteroatoms. The largest absolute Gasteiger partial charge is 0.328 e. The van der Waals surface area contributed by atoms with Crippen molar-refractivity contribution in [3.8, 4) is 0 Å². The van der Waals surface area contributed by atoms with Gasteiger partial charge in [0.15, 0.2) is 0 Å². The Kier molecular flexibility index (Phi) is 3.57. The minimum absolute atomic E-state index is 0.400. The van der Waals surface area contributed by atoms with Gasteiger partial charge in [0, 0.05) is 6.04 Å². The molecule has 0 radical (unpaired) electrons. The average molecular weight is 201 g/mol. The summed E-state index contributed by atoms with van der Waals surface area (Å²) in [5, 5.41) is 0. The van der Waals surface area contributed by atoms with Gasteiger partial charge in [0.25, 0.3) is 0 Å². The van der Waals surface area contributed by atoms with Gasteiger partial charge >= 0.3 is 0 Å². The fourth-order valence-electron chi connectivity index (χ4n) is 2.16. The molecule has 0 bridgehead atoms. The van der Waals surface area contributed by atoms with E-state index in [1.165, 1.54) is 30.4 Å². The van der Waals surface area contributed by atoms with Crippen LogP contribution >= 0.6 is 0 Å². The van der Waals surface area contributed by atoms with Gasteiger partial charge in [-0.1, -0.05) is 36.4 Å². The zero-order valence-electron chi connectivity index (χ0n) is 9.15. The van der Waals surface area contributed by atoms with Gasteiger partial charge in [-0.2, -0.15) is 0 Å². The molecule has 1 aromatic carbocycles. The van der Waals surface area contributed by atoms with E-state index in [1.807, 2.05) is 0 Å². The van der Waals surface area contributed by atoms with E-state index in [9.17, 15) is 0 Å². The number of hydrogen-bond acceptors (Lipinski definition) is 1. The molecule has 1 unspecified atom stereocenters. The quantitative estimate of drug-likeness (QED) is 0.740. The van der Waals surface area contributed by atoms with Gasteiger partial charge in [0.2, 0.25) is 0 Å². The van der Waals surface area contributed by atoms with Gasteiger partial charge < -0.3 is 5.73 Å². The predicted molar refractivity (Wildman–Crippen MR) is 65.5 cm³/mol. The van der Waals surface area contributed by atoms with Crippen LogP contribution in [0.25, 0.3) is 5.57 Å². The summed E-state index contributed by atoms with van der Waals surface area (Å²) in [6.45, 7) is 0. The Labute approximate surface area is 92.0 Å². The summed E-state index contributed by atoms with van der Waals surface area (Å²) in [6, 6.07) is 11.1. The second kappa shape index (κ2) is 5.13. The molecule has 1 atom stereocenters. The van der Waals surface area contributed by atoms with Crippen LogP contribution in [-0.2, 0) is 0 Å². The molecule has 0 heterocycles. The van der Waals surface area contributed by atoms with Crippen LogP contribution in [0, 0.1) is 0 Å². The SMILES string of the molecule is NC1CCC/C=C(/c2ccccc2)CC1. The standard InChI is InChI=1S/C14H19N/c15-14-9-5-4-8-13(10-11-14)12-6-2-1-3-7-12/h1-3,6-8,14H,4-5,9-11,15H2/b13-8+. The highest BCUT2D eigenvalue weighted by Crippen LogP contribution is 2.24. The third kappa shape index (κ3) is 2.93. The van der Waals surface area contributed by atoms with E-state index in [0.29, 0.717) is 6.04 Å². The van der Waals surface area contributed by atoms with Gasteiger partial charge in [-0.05, 0) is 43.2 Å². The van der Waals surface area contributed by atoms with Crippen molar-refractivity contribution in [2.75, 3.05) is 0 Å². The minimum atomic E-state index is 0.400. The Bertz CT molecular complexity index is 326. The van der Waals surface area contributed by atoms with Crippen LogP contribution in [-0.4, -0.2) is 6.04 Å². The number of rotatable bonds is 1. The molecule has 1 aromatic rings. The summed E-state index contributed by atoms with van der Waals surface area (Å²) in [5.41, 5.74) is 8.86. The molecule has 2 rings (SSSR count). The van der Waals surface area contributed by atoms with Crippen LogP contribution in [0.2, 0.25) is 0 Å². The first kappa shape index (κ1) is 10.4. The van der Waals surface area contributed by atoms with E-state index >= 15 is 0 Å². The Balaban J connectivity index is 2.13. The Morgan fingerprint density at radius 1 is 1.07 bits per heavy atom. The third-order valence-electron chi connectivity index (χ3n) is 3.10. The van der Waals surface area contributed by atoms with Crippen LogP contribution in [0.4, 0.5) is 0 Å². The molecule has 1 nitrogen and oxygen atoms in total. The monoisotopic (exact) mass is 201 g/mol. The first-order chi connectivity index (χ1) is 7.36. The Hall–Kier alpha value is -1.08. The van der Waals surface area contributed by atoms with Crippen molar-refractivity contribution in [2.24, 2.45) is 5.73 Å². The van der Waals surface area contributed by atoms with Gasteiger partial charge in [0.1, 0.15) is 0 Å². The average Bonchev–Trinajstić information content (AvgIpc) is 2.25. The Morgan fingerprint density at radius 2 is 1.87 bits per heavy atom. The molecule has 0 amide bonds. The molecule has 80 valence electrons. The summed E-state index contributed by atoms with van der Waals surface area (Å²) in [6.07, 6.45) is 8.24. The van der Waals surface area contributed by atoms with E-state index in [4.69, 9.17) is 5.73 Å². The van der Waals surface area contributed by atoms with E-state index in [1.54, 1.807) is 0 Å². The summed E-state index contributed by atoms with van der Waals surface area (Å²) < 4.78 is 0. The predicted octanol–water partition coefficient (Wildman–Crippen LogP) is 3.36. The molecule has 0 aromatic heterocycles. The van der Waals surface area contributed by atoms with Gasteiger partial charge in [-0.15, -0.1) is 0 Å². The molecule has 2 N–H and O–H groups in total. The first-order valence-corrected chi connectivity index (χ1v) is 5.86.